The number of ether oxygens (including phenoxy) is 2. The minimum absolute atomic E-state index is 0.0792. The molecule has 3 rings (SSSR count). The van der Waals surface area contributed by atoms with Crippen LogP contribution in [0, 0.1) is 6.92 Å². The summed E-state index contributed by atoms with van der Waals surface area (Å²) in [7, 11) is 1.56. The van der Waals surface area contributed by atoms with Gasteiger partial charge in [0.15, 0.2) is 23.2 Å². The number of benzene rings is 1. The molecule has 1 saturated carbocycles. The Morgan fingerprint density at radius 1 is 1.30 bits per heavy atom. The molecule has 0 atom stereocenters. The Kier molecular flexibility index (Phi) is 6.28. The Bertz CT molecular complexity index is 804. The maximum absolute atomic E-state index is 12.6. The maximum atomic E-state index is 12.6. The van der Waals surface area contributed by atoms with E-state index in [4.69, 9.17) is 9.47 Å². The molecule has 1 aliphatic carbocycles. The summed E-state index contributed by atoms with van der Waals surface area (Å²) < 4.78 is 10.9. The van der Waals surface area contributed by atoms with Crippen LogP contribution in [-0.2, 0) is 9.59 Å². The van der Waals surface area contributed by atoms with E-state index in [9.17, 15) is 9.59 Å². The van der Waals surface area contributed by atoms with Crippen molar-refractivity contribution < 1.29 is 19.1 Å². The van der Waals surface area contributed by atoms with Gasteiger partial charge < -0.3 is 19.7 Å². The molecule has 0 bridgehead atoms. The quantitative estimate of drug-likeness (QED) is 0.713. The highest BCUT2D eigenvalue weighted by atomic mass is 32.1. The molecule has 7 nitrogen and oxygen atoms in total. The number of aromatic nitrogens is 1. The summed E-state index contributed by atoms with van der Waals surface area (Å²) in [4.78, 5) is 31.6. The summed E-state index contributed by atoms with van der Waals surface area (Å²) in [5, 5.41) is 3.36. The van der Waals surface area contributed by atoms with Crippen LogP contribution in [0.5, 0.6) is 11.5 Å². The van der Waals surface area contributed by atoms with E-state index >= 15 is 0 Å². The maximum Gasteiger partial charge on any atom is 0.260 e. The third kappa shape index (κ3) is 5.43. The number of hydrogen-bond acceptors (Lipinski definition) is 6. The van der Waals surface area contributed by atoms with Crippen LogP contribution in [0.1, 0.15) is 24.1 Å². The van der Waals surface area contributed by atoms with E-state index in [0.29, 0.717) is 23.2 Å². The SMILES string of the molecule is COc1ccccc1OCC(=O)N(CCC(=O)Nc1ncc(C)s1)C1CC1. The van der Waals surface area contributed by atoms with Gasteiger partial charge in [-0.3, -0.25) is 9.59 Å². The van der Waals surface area contributed by atoms with E-state index in [1.807, 2.05) is 19.1 Å². The van der Waals surface area contributed by atoms with E-state index in [-0.39, 0.29) is 30.9 Å². The van der Waals surface area contributed by atoms with Crippen LogP contribution < -0.4 is 14.8 Å². The Labute approximate surface area is 162 Å². The molecule has 0 aliphatic heterocycles. The zero-order chi connectivity index (χ0) is 19.2. The van der Waals surface area contributed by atoms with Gasteiger partial charge in [0.05, 0.1) is 7.11 Å². The van der Waals surface area contributed by atoms with Crippen molar-refractivity contribution in [3.05, 3.63) is 35.3 Å². The number of hydrogen-bond donors (Lipinski definition) is 1. The van der Waals surface area contributed by atoms with Crippen molar-refractivity contribution in [1.82, 2.24) is 9.88 Å². The molecule has 1 fully saturated rings. The van der Waals surface area contributed by atoms with Gasteiger partial charge >= 0.3 is 0 Å². The van der Waals surface area contributed by atoms with Crippen molar-refractivity contribution in [2.45, 2.75) is 32.2 Å². The van der Waals surface area contributed by atoms with Gasteiger partial charge in [-0.25, -0.2) is 4.98 Å². The van der Waals surface area contributed by atoms with E-state index in [1.54, 1.807) is 30.3 Å². The number of rotatable bonds is 9. The lowest BCUT2D eigenvalue weighted by atomic mass is 10.3. The molecular weight excluding hydrogens is 366 g/mol. The number of methoxy groups -OCH3 is 1. The van der Waals surface area contributed by atoms with Gasteiger partial charge in [-0.2, -0.15) is 0 Å². The van der Waals surface area contributed by atoms with Crippen LogP contribution in [0.4, 0.5) is 5.13 Å². The lowest BCUT2D eigenvalue weighted by Crippen LogP contribution is -2.38. The standard InChI is InChI=1S/C19H23N3O4S/c1-13-11-20-19(27-13)21-17(23)9-10-22(14-7-8-14)18(24)12-26-16-6-4-3-5-15(16)25-2/h3-6,11,14H,7-10,12H2,1-2H3,(H,20,21,23). The Morgan fingerprint density at radius 3 is 2.67 bits per heavy atom. The first-order valence-electron chi connectivity index (χ1n) is 8.84. The van der Waals surface area contributed by atoms with E-state index in [1.165, 1.54) is 11.3 Å². The average Bonchev–Trinajstić information content (AvgIpc) is 3.42. The van der Waals surface area contributed by atoms with Crippen molar-refractivity contribution in [1.29, 1.82) is 0 Å². The molecule has 1 aliphatic rings. The van der Waals surface area contributed by atoms with Crippen LogP contribution in [0.2, 0.25) is 0 Å². The van der Waals surface area contributed by atoms with Crippen molar-refractivity contribution in [3.8, 4) is 11.5 Å². The Morgan fingerprint density at radius 2 is 2.04 bits per heavy atom. The van der Waals surface area contributed by atoms with Crippen LogP contribution in [0.15, 0.2) is 30.5 Å². The monoisotopic (exact) mass is 389 g/mol. The summed E-state index contributed by atoms with van der Waals surface area (Å²) in [6, 6.07) is 7.41. The number of para-hydroxylation sites is 2. The molecule has 144 valence electrons. The summed E-state index contributed by atoms with van der Waals surface area (Å²) >= 11 is 1.43. The zero-order valence-electron chi connectivity index (χ0n) is 15.4. The van der Waals surface area contributed by atoms with Gasteiger partial charge in [0.1, 0.15) is 0 Å². The van der Waals surface area contributed by atoms with Gasteiger partial charge in [0.25, 0.3) is 5.91 Å². The van der Waals surface area contributed by atoms with E-state index in [0.717, 1.165) is 17.7 Å². The zero-order valence-corrected chi connectivity index (χ0v) is 16.3. The summed E-state index contributed by atoms with van der Waals surface area (Å²) in [6.07, 6.45) is 3.88. The van der Waals surface area contributed by atoms with Crippen molar-refractivity contribution in [2.24, 2.45) is 0 Å². The largest absolute Gasteiger partial charge is 0.493 e. The number of anilines is 1. The molecule has 2 amide bonds. The summed E-state index contributed by atoms with van der Waals surface area (Å²) in [6.45, 7) is 2.22. The molecule has 1 aromatic carbocycles. The third-order valence-electron chi connectivity index (χ3n) is 4.18. The number of nitrogens with one attached hydrogen (secondary N) is 1. The predicted octanol–water partition coefficient (Wildman–Crippen LogP) is 2.86. The fraction of sp³-hybridized carbons (Fsp3) is 0.421. The highest BCUT2D eigenvalue weighted by Crippen LogP contribution is 2.29. The molecule has 1 heterocycles. The highest BCUT2D eigenvalue weighted by molar-refractivity contribution is 7.15. The van der Waals surface area contributed by atoms with Crippen molar-refractivity contribution in [2.75, 3.05) is 25.6 Å². The van der Waals surface area contributed by atoms with Crippen molar-refractivity contribution >= 4 is 28.3 Å². The highest BCUT2D eigenvalue weighted by Gasteiger charge is 2.32. The molecule has 2 aromatic rings. The van der Waals surface area contributed by atoms with Crippen LogP contribution >= 0.6 is 11.3 Å². The normalized spacial score (nSPS) is 13.1. The van der Waals surface area contributed by atoms with Gasteiger partial charge in [-0.05, 0) is 31.9 Å². The number of amides is 2. The van der Waals surface area contributed by atoms with Gasteiger partial charge in [0.2, 0.25) is 5.91 Å². The second-order valence-electron chi connectivity index (χ2n) is 6.33. The van der Waals surface area contributed by atoms with Crippen LogP contribution in [0.3, 0.4) is 0 Å². The van der Waals surface area contributed by atoms with Crippen molar-refractivity contribution in [3.63, 3.8) is 0 Å². The Hall–Kier alpha value is -2.61. The van der Waals surface area contributed by atoms with Crippen LogP contribution in [-0.4, -0.2) is 48.0 Å². The van der Waals surface area contributed by atoms with E-state index < -0.39 is 0 Å². The third-order valence-corrected chi connectivity index (χ3v) is 5.00. The average molecular weight is 389 g/mol. The smallest absolute Gasteiger partial charge is 0.260 e. The minimum Gasteiger partial charge on any atom is -0.493 e. The lowest BCUT2D eigenvalue weighted by molar-refractivity contribution is -0.134. The summed E-state index contributed by atoms with van der Waals surface area (Å²) in [5.41, 5.74) is 0. The summed E-state index contributed by atoms with van der Waals surface area (Å²) in [5.74, 6) is 0.845. The second-order valence-corrected chi connectivity index (χ2v) is 7.57. The molecule has 1 N–H and O–H groups in total. The molecular formula is C19H23N3O4S. The molecule has 0 unspecified atom stereocenters. The number of carbonyl (C=O) groups excluding carboxylic acids is 2. The predicted molar refractivity (Wildman–Crippen MR) is 103 cm³/mol. The minimum atomic E-state index is -0.145. The number of nitrogens with zero attached hydrogens (tertiary/aromatic N) is 2. The van der Waals surface area contributed by atoms with E-state index in [2.05, 4.69) is 10.3 Å². The topological polar surface area (TPSA) is 80.8 Å². The fourth-order valence-electron chi connectivity index (χ4n) is 2.67. The molecule has 8 heteroatoms. The molecule has 1 aromatic heterocycles. The van der Waals surface area contributed by atoms with Crippen LogP contribution in [0.25, 0.3) is 0 Å². The molecule has 0 radical (unpaired) electrons. The van der Waals surface area contributed by atoms with Gasteiger partial charge in [0, 0.05) is 30.1 Å². The number of aryl methyl sites for hydroxylation is 1. The fourth-order valence-corrected chi connectivity index (χ4v) is 3.35. The first-order chi connectivity index (χ1) is 13.1. The molecule has 0 spiro atoms. The molecule has 0 saturated heterocycles. The first-order valence-corrected chi connectivity index (χ1v) is 9.66. The lowest BCUT2D eigenvalue weighted by Gasteiger charge is -2.22. The second kappa shape index (κ2) is 8.85. The first kappa shape index (κ1) is 19.2. The van der Waals surface area contributed by atoms with Gasteiger partial charge in [-0.1, -0.05) is 12.1 Å². The van der Waals surface area contributed by atoms with Gasteiger partial charge in [-0.15, -0.1) is 11.3 Å². The number of carbonyl (C=O) groups is 2. The molecule has 27 heavy (non-hydrogen) atoms. The Balaban J connectivity index is 1.50. The number of thiazole rings is 1.